The predicted octanol–water partition coefficient (Wildman–Crippen LogP) is 3.70. The first-order valence-corrected chi connectivity index (χ1v) is 22.5. The van der Waals surface area contributed by atoms with Gasteiger partial charge in [-0.05, 0) is 91.7 Å². The second-order valence-corrected chi connectivity index (χ2v) is 20.4. The van der Waals surface area contributed by atoms with E-state index < -0.39 is 0 Å². The summed E-state index contributed by atoms with van der Waals surface area (Å²) < 4.78 is 10.8. The number of rotatable bonds is 12. The zero-order valence-corrected chi connectivity index (χ0v) is 38.7. The minimum absolute atomic E-state index is 0.132. The Morgan fingerprint density at radius 2 is 0.500 bits per heavy atom. The van der Waals surface area contributed by atoms with Crippen molar-refractivity contribution in [1.29, 1.82) is 0 Å². The van der Waals surface area contributed by atoms with Crippen LogP contribution in [0.15, 0.2) is 48.5 Å². The van der Waals surface area contributed by atoms with Crippen molar-refractivity contribution in [2.24, 2.45) is 14.1 Å². The third-order valence-corrected chi connectivity index (χ3v) is 14.2. The molecule has 0 saturated heterocycles. The van der Waals surface area contributed by atoms with Crippen LogP contribution < -0.4 is 41.5 Å². The second kappa shape index (κ2) is 17.3. The van der Waals surface area contributed by atoms with Gasteiger partial charge in [-0.3, -0.25) is 0 Å². The molecular weight excluding hydrogens is 696 g/mol. The Hall–Kier alpha value is -1.94. The third-order valence-electron chi connectivity index (χ3n) is 11.9. The van der Waals surface area contributed by atoms with E-state index in [2.05, 4.69) is 202 Å². The summed E-state index contributed by atoms with van der Waals surface area (Å²) in [7, 11) is 4.67. The highest BCUT2D eigenvalue weighted by atomic mass is 32.1. The Morgan fingerprint density at radius 1 is 0.333 bits per heavy atom. The fourth-order valence-electron chi connectivity index (χ4n) is 10.1. The summed E-state index contributed by atoms with van der Waals surface area (Å²) >= 11 is 4.05. The van der Waals surface area contributed by atoms with Crippen molar-refractivity contribution in [1.82, 2.24) is 28.4 Å². The minimum atomic E-state index is 0.132. The normalized spacial score (nSPS) is 14.5. The highest BCUT2D eigenvalue weighted by Gasteiger charge is 2.43. The van der Waals surface area contributed by atoms with Crippen LogP contribution in [0.2, 0.25) is 0 Å². The van der Waals surface area contributed by atoms with Crippen molar-refractivity contribution in [2.75, 3.05) is 0 Å². The summed E-state index contributed by atoms with van der Waals surface area (Å²) in [5, 5.41) is 0. The standard InChI is InChI=1S/C42H70B4N6S2/c1-27(2)49(28(3)4)43-35-19-20-36(47(35)17)44(50(29(5)6)30(7)8)41-25-26-42(54-41)46(52(33(13)14)34(15)16)38-22-21-37(48(38)18)45(40-24-23-39(43)53-40)51(31(9)10)32(11)12/h19-34H,1-18H3. The van der Waals surface area contributed by atoms with Gasteiger partial charge in [-0.2, -0.15) is 22.7 Å². The predicted molar refractivity (Wildman–Crippen MR) is 248 cm³/mol. The van der Waals surface area contributed by atoms with E-state index in [1.807, 2.05) is 22.7 Å². The van der Waals surface area contributed by atoms with Gasteiger partial charge in [0, 0.05) is 36.5 Å². The van der Waals surface area contributed by atoms with E-state index in [0.29, 0.717) is 48.3 Å². The van der Waals surface area contributed by atoms with Crippen molar-refractivity contribution in [3.63, 3.8) is 0 Å². The number of fused-ring (bicyclic) bond motifs is 8. The molecule has 12 heteroatoms. The van der Waals surface area contributed by atoms with Gasteiger partial charge < -0.3 is 28.4 Å². The van der Waals surface area contributed by atoms with Crippen LogP contribution in [0, 0.1) is 0 Å². The third kappa shape index (κ3) is 8.09. The van der Waals surface area contributed by atoms with E-state index in [-0.39, 0.29) is 27.4 Å². The topological polar surface area (TPSA) is 22.8 Å². The lowest BCUT2D eigenvalue weighted by Gasteiger charge is -2.39. The zero-order valence-electron chi connectivity index (χ0n) is 37.0. The Kier molecular flexibility index (Phi) is 13.8. The monoisotopic (exact) mass is 767 g/mol. The summed E-state index contributed by atoms with van der Waals surface area (Å²) in [6.45, 7) is 38.4. The molecular formula is C42H70B4N6S2. The van der Waals surface area contributed by atoms with Crippen LogP contribution in [0.4, 0.5) is 0 Å². The highest BCUT2D eigenvalue weighted by Crippen LogP contribution is 2.19. The maximum Gasteiger partial charge on any atom is 0.320 e. The van der Waals surface area contributed by atoms with Crippen LogP contribution in [0.3, 0.4) is 0 Å². The van der Waals surface area contributed by atoms with Gasteiger partial charge in [-0.25, -0.2) is 0 Å². The molecule has 0 radical (unpaired) electrons. The van der Waals surface area contributed by atoms with Gasteiger partial charge in [0.05, 0.1) is 0 Å². The van der Waals surface area contributed by atoms with Crippen molar-refractivity contribution < 1.29 is 0 Å². The molecule has 0 atom stereocenters. The van der Waals surface area contributed by atoms with E-state index in [9.17, 15) is 0 Å². The van der Waals surface area contributed by atoms with Crippen molar-refractivity contribution in [3.8, 4) is 0 Å². The fraction of sp³-hybridized carbons (Fsp3) is 0.619. The summed E-state index contributed by atoms with van der Waals surface area (Å²) in [5.41, 5.74) is 5.47. The minimum Gasteiger partial charge on any atom is -0.364 e. The van der Waals surface area contributed by atoms with Gasteiger partial charge in [0.2, 0.25) is 0 Å². The molecule has 5 rings (SSSR count). The van der Waals surface area contributed by atoms with Gasteiger partial charge >= 0.3 is 27.4 Å². The van der Waals surface area contributed by atoms with Gasteiger partial charge in [0.15, 0.2) is 0 Å². The molecule has 0 fully saturated rings. The van der Waals surface area contributed by atoms with Crippen LogP contribution in [0.5, 0.6) is 0 Å². The molecule has 0 N–H and O–H groups in total. The molecule has 0 amide bonds. The molecule has 1 aliphatic heterocycles. The lowest BCUT2D eigenvalue weighted by molar-refractivity contribution is 0.308. The maximum absolute atomic E-state index is 2.73. The molecule has 4 aromatic rings. The number of hydrogen-bond donors (Lipinski definition) is 0. The molecule has 0 spiro atoms. The van der Waals surface area contributed by atoms with Crippen LogP contribution >= 0.6 is 22.7 Å². The molecule has 5 heterocycles. The molecule has 54 heavy (non-hydrogen) atoms. The van der Waals surface area contributed by atoms with Crippen molar-refractivity contribution >= 4 is 91.5 Å². The Bertz CT molecular complexity index is 1530. The molecule has 0 unspecified atom stereocenters. The highest BCUT2D eigenvalue weighted by molar-refractivity contribution is 7.34. The fourth-order valence-corrected chi connectivity index (χ4v) is 12.6. The Morgan fingerprint density at radius 3 is 0.648 bits per heavy atom. The van der Waals surface area contributed by atoms with E-state index in [1.54, 1.807) is 0 Å². The van der Waals surface area contributed by atoms with E-state index >= 15 is 0 Å². The van der Waals surface area contributed by atoms with Gasteiger partial charge in [0.25, 0.3) is 0 Å². The summed E-state index contributed by atoms with van der Waals surface area (Å²) in [5.74, 6) is 0. The second-order valence-electron chi connectivity index (χ2n) is 18.1. The summed E-state index contributed by atoms with van der Waals surface area (Å²) in [4.78, 5) is 10.9. The molecule has 292 valence electrons. The van der Waals surface area contributed by atoms with Gasteiger partial charge in [-0.1, -0.05) is 135 Å². The Labute approximate surface area is 340 Å². The first kappa shape index (κ1) is 43.2. The summed E-state index contributed by atoms with van der Waals surface area (Å²) in [6, 6.07) is 22.6. The number of nitrogens with zero attached hydrogens (tertiary/aromatic N) is 6. The number of hydrogen-bond acceptors (Lipinski definition) is 6. The van der Waals surface area contributed by atoms with Crippen LogP contribution in [-0.2, 0) is 14.1 Å². The lowest BCUT2D eigenvalue weighted by Crippen LogP contribution is -2.66. The first-order valence-electron chi connectivity index (χ1n) is 20.9. The molecule has 1 aliphatic rings. The van der Waals surface area contributed by atoms with Crippen LogP contribution in [0.1, 0.15) is 111 Å². The SMILES string of the molecule is CC(C)N(B1c2ccc(s2)B(N(C(C)C)C(C)C)c2ccc(n2C)B(N(C(C)C)C(C)C)c2ccc(s2)B(N(C(C)C)C(C)C)c2ccc1n2C)C(C)C. The van der Waals surface area contributed by atoms with Gasteiger partial charge in [-0.15, -0.1) is 0 Å². The summed E-state index contributed by atoms with van der Waals surface area (Å²) in [6.07, 6.45) is 0. The van der Waals surface area contributed by atoms with E-state index in [0.717, 1.165) is 0 Å². The maximum atomic E-state index is 2.73. The van der Waals surface area contributed by atoms with Crippen LogP contribution in [-0.4, -0.2) is 104 Å². The number of aromatic nitrogens is 2. The van der Waals surface area contributed by atoms with E-state index in [1.165, 1.54) is 41.5 Å². The Balaban J connectivity index is 1.93. The number of thiophene rings is 2. The van der Waals surface area contributed by atoms with Gasteiger partial charge in [0.1, 0.15) is 0 Å². The molecule has 6 nitrogen and oxygen atoms in total. The largest absolute Gasteiger partial charge is 0.364 e. The quantitative estimate of drug-likeness (QED) is 0.206. The van der Waals surface area contributed by atoms with Crippen LogP contribution in [0.25, 0.3) is 0 Å². The molecule has 4 aromatic heterocycles. The molecule has 8 bridgehead atoms. The van der Waals surface area contributed by atoms with E-state index in [4.69, 9.17) is 0 Å². The van der Waals surface area contributed by atoms with Crippen molar-refractivity contribution in [2.45, 2.75) is 159 Å². The molecule has 0 aliphatic carbocycles. The average Bonchev–Trinajstić information content (AvgIpc) is 3.86. The van der Waals surface area contributed by atoms with Crippen molar-refractivity contribution in [3.05, 3.63) is 48.5 Å². The zero-order chi connectivity index (χ0) is 40.1. The molecule has 0 aromatic carbocycles. The molecule has 0 saturated carbocycles. The average molecular weight is 766 g/mol. The first-order chi connectivity index (χ1) is 25.3. The lowest BCUT2D eigenvalue weighted by atomic mass is 9.52. The smallest absolute Gasteiger partial charge is 0.320 e.